The summed E-state index contributed by atoms with van der Waals surface area (Å²) < 4.78 is 0. The van der Waals surface area contributed by atoms with Gasteiger partial charge < -0.3 is 9.80 Å². The summed E-state index contributed by atoms with van der Waals surface area (Å²) in [5.41, 5.74) is 21.7. The molecule has 10 aromatic carbocycles. The smallest absolute Gasteiger partial charge is 0.0468 e. The summed E-state index contributed by atoms with van der Waals surface area (Å²) in [5.74, 6) is 0.301. The van der Waals surface area contributed by atoms with Crippen LogP contribution in [0.15, 0.2) is 230 Å². The van der Waals surface area contributed by atoms with Crippen LogP contribution in [-0.2, 0) is 17.3 Å². The molecule has 0 radical (unpaired) electrons. The van der Waals surface area contributed by atoms with Gasteiger partial charge in [0.1, 0.15) is 0 Å². The van der Waals surface area contributed by atoms with Gasteiger partial charge in [0.05, 0.1) is 0 Å². The number of allylic oxidation sites excluding steroid dienone is 6. The average molecular weight is 951 g/mol. The molecule has 4 aliphatic carbocycles. The van der Waals surface area contributed by atoms with E-state index in [2.05, 4.69) is 274 Å². The van der Waals surface area contributed by atoms with Crippen molar-refractivity contribution in [1.82, 2.24) is 0 Å². The molecule has 4 aliphatic rings. The number of fused-ring (bicyclic) bond motifs is 10. The Morgan fingerprint density at radius 3 is 1.51 bits per heavy atom. The van der Waals surface area contributed by atoms with Crippen LogP contribution in [0.5, 0.6) is 0 Å². The summed E-state index contributed by atoms with van der Waals surface area (Å²) in [4.78, 5) is 4.91. The lowest BCUT2D eigenvalue weighted by Crippen LogP contribution is -2.18. The number of nitrogens with zero attached hydrogens (tertiary/aromatic N) is 2. The van der Waals surface area contributed by atoms with E-state index in [1.807, 2.05) is 0 Å². The Kier molecular flexibility index (Phi) is 10.2. The van der Waals surface area contributed by atoms with Gasteiger partial charge >= 0.3 is 0 Å². The fourth-order valence-corrected chi connectivity index (χ4v) is 12.9. The van der Waals surface area contributed by atoms with Crippen molar-refractivity contribution in [1.29, 1.82) is 0 Å². The van der Waals surface area contributed by atoms with Crippen molar-refractivity contribution < 1.29 is 0 Å². The maximum Gasteiger partial charge on any atom is 0.0468 e. The topological polar surface area (TPSA) is 6.48 Å². The minimum absolute atomic E-state index is 0.161. The van der Waals surface area contributed by atoms with Crippen molar-refractivity contribution in [2.75, 3.05) is 9.80 Å². The molecule has 2 heteroatoms. The fourth-order valence-electron chi connectivity index (χ4n) is 12.9. The third-order valence-corrected chi connectivity index (χ3v) is 16.9. The molecule has 0 aromatic heterocycles. The molecule has 356 valence electrons. The van der Waals surface area contributed by atoms with Gasteiger partial charge in [-0.05, 0) is 192 Å². The third-order valence-electron chi connectivity index (χ3n) is 16.9. The molecule has 14 rings (SSSR count). The lowest BCUT2D eigenvalue weighted by Gasteiger charge is -2.29. The SMILES string of the molecule is CC1(C)C2=CC(/C=C/c3ccc4c(c3)C(C)(C)c3cc(N(c5ccc6c(c5)CCC=C6)c5ccc6ccccc6c5)ccc3-4)CC=C2c2ccc(N(c3ccc4ccccc4c3)c3ccc4ccccc4c3)cc21. The summed E-state index contributed by atoms with van der Waals surface area (Å²) in [6.45, 7) is 9.66. The van der Waals surface area contributed by atoms with Gasteiger partial charge in [-0.25, -0.2) is 0 Å². The van der Waals surface area contributed by atoms with Crippen LogP contribution in [0.2, 0.25) is 0 Å². The summed E-state index contributed by atoms with van der Waals surface area (Å²) in [6, 6.07) is 75.1. The Hall–Kier alpha value is -8.46. The zero-order chi connectivity index (χ0) is 49.7. The Morgan fingerprint density at radius 2 is 0.919 bits per heavy atom. The van der Waals surface area contributed by atoms with E-state index < -0.39 is 0 Å². The largest absolute Gasteiger partial charge is 0.310 e. The number of anilines is 6. The van der Waals surface area contributed by atoms with E-state index in [1.165, 1.54) is 116 Å². The van der Waals surface area contributed by atoms with E-state index >= 15 is 0 Å². The highest BCUT2D eigenvalue weighted by Crippen LogP contribution is 2.55. The van der Waals surface area contributed by atoms with Gasteiger partial charge in [-0.1, -0.05) is 192 Å². The van der Waals surface area contributed by atoms with Gasteiger partial charge in [-0.2, -0.15) is 0 Å². The minimum Gasteiger partial charge on any atom is -0.310 e. The second kappa shape index (κ2) is 17.1. The van der Waals surface area contributed by atoms with E-state index in [0.29, 0.717) is 5.92 Å². The first kappa shape index (κ1) is 44.3. The van der Waals surface area contributed by atoms with E-state index in [9.17, 15) is 0 Å². The minimum atomic E-state index is -0.179. The molecule has 1 unspecified atom stereocenters. The van der Waals surface area contributed by atoms with E-state index in [0.717, 1.165) is 30.6 Å². The first-order chi connectivity index (χ1) is 36.1. The van der Waals surface area contributed by atoms with Crippen molar-refractivity contribution >= 4 is 84.2 Å². The number of benzene rings is 10. The standard InChI is InChI=1S/C72H58N2/c1-71(2)67-39-47(23-35-63(67)65-37-33-61(45-69(65)71)73(57-29-25-49-13-5-9-17-53(49)41-57)58-30-26-50-14-6-10-18-54(50)42-58)21-22-48-24-36-64-66-38-34-62(46-70(66)72(3,4)68(64)40-48)74(59-31-27-51-15-7-11-19-55(51)43-59)60-32-28-52-16-8-12-20-56(52)44-60/h5-11,13-19,21-22,24-47H,12,20,23H2,1-4H3/b22-21+. The van der Waals surface area contributed by atoms with Crippen LogP contribution in [0.1, 0.15) is 79.5 Å². The number of rotatable bonds is 8. The molecule has 0 N–H and O–H groups in total. The van der Waals surface area contributed by atoms with E-state index in [-0.39, 0.29) is 10.8 Å². The Bertz CT molecular complexity index is 4000. The van der Waals surface area contributed by atoms with Crippen LogP contribution in [0, 0.1) is 5.92 Å². The molecule has 0 aliphatic heterocycles. The zero-order valence-electron chi connectivity index (χ0n) is 42.6. The summed E-state index contributed by atoms with van der Waals surface area (Å²) >= 11 is 0. The van der Waals surface area contributed by atoms with Crippen LogP contribution < -0.4 is 9.80 Å². The van der Waals surface area contributed by atoms with Crippen LogP contribution in [0.25, 0.3) is 61.2 Å². The highest BCUT2D eigenvalue weighted by molar-refractivity contribution is 5.96. The zero-order valence-corrected chi connectivity index (χ0v) is 42.6. The second-order valence-corrected chi connectivity index (χ2v) is 22.1. The molecule has 0 fully saturated rings. The normalized spacial score (nSPS) is 16.6. The molecule has 1 atom stereocenters. The number of aryl methyl sites for hydroxylation is 1. The summed E-state index contributed by atoms with van der Waals surface area (Å²) in [7, 11) is 0. The Morgan fingerprint density at radius 1 is 0.446 bits per heavy atom. The maximum atomic E-state index is 2.56. The van der Waals surface area contributed by atoms with Crippen molar-refractivity contribution in [3.63, 3.8) is 0 Å². The summed E-state index contributed by atoms with van der Waals surface area (Å²) in [6.07, 6.45) is 17.6. The lowest BCUT2D eigenvalue weighted by atomic mass is 9.78. The van der Waals surface area contributed by atoms with Crippen LogP contribution >= 0.6 is 0 Å². The molecular formula is C72H58N2. The quantitative estimate of drug-likeness (QED) is 0.150. The second-order valence-electron chi connectivity index (χ2n) is 22.1. The number of hydrogen-bond donors (Lipinski definition) is 0. The predicted molar refractivity (Wildman–Crippen MR) is 316 cm³/mol. The van der Waals surface area contributed by atoms with Gasteiger partial charge in [0.15, 0.2) is 0 Å². The molecule has 0 heterocycles. The maximum absolute atomic E-state index is 2.56. The predicted octanol–water partition coefficient (Wildman–Crippen LogP) is 19.7. The lowest BCUT2D eigenvalue weighted by molar-refractivity contribution is 0.645. The highest BCUT2D eigenvalue weighted by atomic mass is 15.1. The molecule has 0 amide bonds. The molecule has 0 spiro atoms. The van der Waals surface area contributed by atoms with Crippen molar-refractivity contribution in [3.05, 3.63) is 269 Å². The average Bonchev–Trinajstić information content (AvgIpc) is 3.80. The molecular weight excluding hydrogens is 893 g/mol. The molecule has 0 bridgehead atoms. The molecule has 0 saturated heterocycles. The first-order valence-corrected chi connectivity index (χ1v) is 26.6. The van der Waals surface area contributed by atoms with Crippen LogP contribution in [0.4, 0.5) is 34.1 Å². The fraction of sp³-hybridized carbons (Fsp3) is 0.139. The molecule has 74 heavy (non-hydrogen) atoms. The van der Waals surface area contributed by atoms with Gasteiger partial charge in [-0.3, -0.25) is 0 Å². The van der Waals surface area contributed by atoms with Crippen molar-refractivity contribution in [2.24, 2.45) is 5.92 Å². The third kappa shape index (κ3) is 7.30. The van der Waals surface area contributed by atoms with Gasteiger partial charge in [0.25, 0.3) is 0 Å². The van der Waals surface area contributed by atoms with Crippen molar-refractivity contribution in [3.8, 4) is 11.1 Å². The molecule has 2 nitrogen and oxygen atoms in total. The Balaban J connectivity index is 0.761. The van der Waals surface area contributed by atoms with Crippen LogP contribution in [0.3, 0.4) is 0 Å². The van der Waals surface area contributed by atoms with Crippen molar-refractivity contribution in [2.45, 2.75) is 57.8 Å². The van der Waals surface area contributed by atoms with Gasteiger partial charge in [0, 0.05) is 45.0 Å². The molecule has 10 aromatic rings. The monoisotopic (exact) mass is 950 g/mol. The summed E-state index contributed by atoms with van der Waals surface area (Å²) in [5, 5.41) is 7.46. The Labute approximate surface area is 435 Å². The van der Waals surface area contributed by atoms with Gasteiger partial charge in [-0.15, -0.1) is 0 Å². The first-order valence-electron chi connectivity index (χ1n) is 26.6. The van der Waals surface area contributed by atoms with Crippen LogP contribution in [-0.4, -0.2) is 0 Å². The van der Waals surface area contributed by atoms with E-state index in [1.54, 1.807) is 0 Å². The van der Waals surface area contributed by atoms with E-state index in [4.69, 9.17) is 0 Å². The highest BCUT2D eigenvalue weighted by Gasteiger charge is 2.40. The van der Waals surface area contributed by atoms with Gasteiger partial charge in [0.2, 0.25) is 0 Å². The molecule has 0 saturated carbocycles. The number of hydrogen-bond acceptors (Lipinski definition) is 2.